The van der Waals surface area contributed by atoms with Crippen LogP contribution in [0.1, 0.15) is 22.8 Å². The average molecular weight is 489 g/mol. The minimum Gasteiger partial charge on any atom is -0.494 e. The minimum atomic E-state index is -0.637. The first kappa shape index (κ1) is 24.1. The summed E-state index contributed by atoms with van der Waals surface area (Å²) in [7, 11) is 1.25. The van der Waals surface area contributed by atoms with Crippen molar-refractivity contribution in [2.24, 2.45) is 0 Å². The number of amides is 2. The van der Waals surface area contributed by atoms with E-state index in [9.17, 15) is 14.4 Å². The van der Waals surface area contributed by atoms with Gasteiger partial charge in [0, 0.05) is 10.6 Å². The van der Waals surface area contributed by atoms with Gasteiger partial charge in [0.25, 0.3) is 11.8 Å². The summed E-state index contributed by atoms with van der Waals surface area (Å²) in [6.07, 6.45) is 0. The number of hydrogen-bond donors (Lipinski definition) is 1. The van der Waals surface area contributed by atoms with Crippen molar-refractivity contribution in [3.63, 3.8) is 0 Å². The van der Waals surface area contributed by atoms with Crippen LogP contribution in [0.3, 0.4) is 0 Å². The molecule has 0 bridgehead atoms. The van der Waals surface area contributed by atoms with Crippen molar-refractivity contribution in [2.45, 2.75) is 18.7 Å². The standard InChI is InChI=1S/C27H24N2O5S/c1-4-34-19-13-11-18(12-14-19)28-23-24(35-20-15-9-17(2)10-16-20)26(31)29(25(23)30)22-8-6-5-7-21(22)27(32)33-3/h5-16,28H,4H2,1-3H3. The summed E-state index contributed by atoms with van der Waals surface area (Å²) in [5, 5.41) is 3.11. The predicted molar refractivity (Wildman–Crippen MR) is 136 cm³/mol. The maximum Gasteiger partial charge on any atom is 0.339 e. The second-order valence-corrected chi connectivity index (χ2v) is 8.74. The molecule has 0 aromatic heterocycles. The van der Waals surface area contributed by atoms with Crippen molar-refractivity contribution in [3.05, 3.63) is 94.5 Å². The summed E-state index contributed by atoms with van der Waals surface area (Å²) in [4.78, 5) is 41.6. The molecule has 1 heterocycles. The molecule has 1 N–H and O–H groups in total. The van der Waals surface area contributed by atoms with Gasteiger partial charge in [-0.05, 0) is 62.4 Å². The number of aryl methyl sites for hydroxylation is 1. The highest BCUT2D eigenvalue weighted by Gasteiger charge is 2.41. The zero-order valence-electron chi connectivity index (χ0n) is 19.5. The van der Waals surface area contributed by atoms with Crippen LogP contribution in [-0.4, -0.2) is 31.5 Å². The van der Waals surface area contributed by atoms with Crippen molar-refractivity contribution in [1.29, 1.82) is 0 Å². The van der Waals surface area contributed by atoms with Crippen LogP contribution in [-0.2, 0) is 14.3 Å². The summed E-state index contributed by atoms with van der Waals surface area (Å²) < 4.78 is 10.3. The molecule has 3 aromatic carbocycles. The minimum absolute atomic E-state index is 0.124. The van der Waals surface area contributed by atoms with Crippen LogP contribution in [0.2, 0.25) is 0 Å². The fourth-order valence-electron chi connectivity index (χ4n) is 3.55. The summed E-state index contributed by atoms with van der Waals surface area (Å²) in [5.74, 6) is -1.02. The van der Waals surface area contributed by atoms with Crippen molar-refractivity contribution >= 4 is 40.9 Å². The van der Waals surface area contributed by atoms with Crippen molar-refractivity contribution in [1.82, 2.24) is 0 Å². The quantitative estimate of drug-likeness (QED) is 0.346. The van der Waals surface area contributed by atoms with Gasteiger partial charge in [0.1, 0.15) is 16.4 Å². The van der Waals surface area contributed by atoms with E-state index in [2.05, 4.69) is 5.32 Å². The Bertz CT molecular complexity index is 1300. The number of imide groups is 1. The molecule has 7 nitrogen and oxygen atoms in total. The van der Waals surface area contributed by atoms with E-state index in [1.165, 1.54) is 24.9 Å². The highest BCUT2D eigenvalue weighted by molar-refractivity contribution is 8.04. The number of anilines is 2. The lowest BCUT2D eigenvalue weighted by molar-refractivity contribution is -0.120. The molecule has 3 aromatic rings. The largest absolute Gasteiger partial charge is 0.494 e. The molecule has 1 aliphatic heterocycles. The van der Waals surface area contributed by atoms with Gasteiger partial charge in [-0.15, -0.1) is 0 Å². The van der Waals surface area contributed by atoms with Crippen molar-refractivity contribution < 1.29 is 23.9 Å². The van der Waals surface area contributed by atoms with Crippen LogP contribution in [0.25, 0.3) is 0 Å². The second kappa shape index (κ2) is 10.5. The molecule has 8 heteroatoms. The van der Waals surface area contributed by atoms with Gasteiger partial charge in [0.05, 0.1) is 25.0 Å². The number of hydrogen-bond acceptors (Lipinski definition) is 7. The van der Waals surface area contributed by atoms with Gasteiger partial charge in [-0.3, -0.25) is 9.59 Å². The Morgan fingerprint density at radius 2 is 1.63 bits per heavy atom. The lowest BCUT2D eigenvalue weighted by atomic mass is 10.1. The van der Waals surface area contributed by atoms with Crippen molar-refractivity contribution in [3.8, 4) is 5.75 Å². The maximum absolute atomic E-state index is 13.6. The van der Waals surface area contributed by atoms with Crippen LogP contribution in [0.4, 0.5) is 11.4 Å². The van der Waals surface area contributed by atoms with Gasteiger partial charge < -0.3 is 14.8 Å². The van der Waals surface area contributed by atoms with E-state index in [0.29, 0.717) is 18.0 Å². The Balaban J connectivity index is 1.74. The third-order valence-electron chi connectivity index (χ3n) is 5.27. The van der Waals surface area contributed by atoms with E-state index in [0.717, 1.165) is 15.4 Å². The summed E-state index contributed by atoms with van der Waals surface area (Å²) in [6.45, 7) is 4.41. The van der Waals surface area contributed by atoms with Crippen LogP contribution >= 0.6 is 11.8 Å². The molecule has 4 rings (SSSR count). The molecular weight excluding hydrogens is 464 g/mol. The van der Waals surface area contributed by atoms with Crippen LogP contribution in [0.15, 0.2) is 88.3 Å². The van der Waals surface area contributed by atoms with E-state index in [-0.39, 0.29) is 21.9 Å². The van der Waals surface area contributed by atoms with Gasteiger partial charge in [-0.1, -0.05) is 41.6 Å². The number of para-hydroxylation sites is 1. The molecule has 0 radical (unpaired) electrons. The summed E-state index contributed by atoms with van der Waals surface area (Å²) in [5.41, 5.74) is 2.12. The fraction of sp³-hybridized carbons (Fsp3) is 0.148. The first-order valence-electron chi connectivity index (χ1n) is 11.0. The van der Waals surface area contributed by atoms with E-state index in [4.69, 9.17) is 9.47 Å². The van der Waals surface area contributed by atoms with Gasteiger partial charge in [0.2, 0.25) is 0 Å². The summed E-state index contributed by atoms with van der Waals surface area (Å²) in [6, 6.07) is 21.2. The molecule has 0 unspecified atom stereocenters. The molecular formula is C27H24N2O5S. The van der Waals surface area contributed by atoms with Crippen molar-refractivity contribution in [2.75, 3.05) is 23.9 Å². The highest BCUT2D eigenvalue weighted by atomic mass is 32.2. The molecule has 0 aliphatic carbocycles. The molecule has 35 heavy (non-hydrogen) atoms. The molecule has 0 saturated heterocycles. The number of nitrogens with one attached hydrogen (secondary N) is 1. The molecule has 2 amide bonds. The lowest BCUT2D eigenvalue weighted by Crippen LogP contribution is -2.33. The van der Waals surface area contributed by atoms with Gasteiger partial charge in [0.15, 0.2) is 0 Å². The van der Waals surface area contributed by atoms with Gasteiger partial charge >= 0.3 is 5.97 Å². The third-order valence-corrected chi connectivity index (χ3v) is 6.36. The van der Waals surface area contributed by atoms with Gasteiger partial charge in [-0.25, -0.2) is 9.69 Å². The van der Waals surface area contributed by atoms with E-state index in [1.54, 1.807) is 42.5 Å². The van der Waals surface area contributed by atoms with Crippen LogP contribution < -0.4 is 15.0 Å². The number of benzene rings is 3. The molecule has 0 saturated carbocycles. The first-order valence-corrected chi connectivity index (χ1v) is 11.8. The third kappa shape index (κ3) is 5.07. The Labute approximate surface area is 207 Å². The van der Waals surface area contributed by atoms with E-state index in [1.807, 2.05) is 38.1 Å². The fourth-order valence-corrected chi connectivity index (χ4v) is 4.48. The Hall–Kier alpha value is -4.04. The number of rotatable bonds is 8. The number of carbonyl (C=O) groups is 3. The number of thioether (sulfide) groups is 1. The molecule has 0 atom stereocenters. The topological polar surface area (TPSA) is 84.9 Å². The first-order chi connectivity index (χ1) is 16.9. The number of methoxy groups -OCH3 is 1. The number of ether oxygens (including phenoxy) is 2. The predicted octanol–water partition coefficient (Wildman–Crippen LogP) is 5.17. The highest BCUT2D eigenvalue weighted by Crippen LogP contribution is 2.39. The number of esters is 1. The molecule has 0 fully saturated rings. The Kier molecular flexibility index (Phi) is 7.22. The Morgan fingerprint density at radius 1 is 0.943 bits per heavy atom. The molecule has 0 spiro atoms. The Morgan fingerprint density at radius 3 is 2.29 bits per heavy atom. The van der Waals surface area contributed by atoms with E-state index >= 15 is 0 Å². The lowest BCUT2D eigenvalue weighted by Gasteiger charge is -2.18. The zero-order chi connectivity index (χ0) is 24.9. The second-order valence-electron chi connectivity index (χ2n) is 7.66. The summed E-state index contributed by atoms with van der Waals surface area (Å²) >= 11 is 1.19. The number of nitrogens with zero attached hydrogens (tertiary/aromatic N) is 1. The zero-order valence-corrected chi connectivity index (χ0v) is 20.3. The molecule has 1 aliphatic rings. The SMILES string of the molecule is CCOc1ccc(NC2=C(Sc3ccc(C)cc3)C(=O)N(c3ccccc3C(=O)OC)C2=O)cc1. The monoisotopic (exact) mass is 488 g/mol. The molecule has 178 valence electrons. The smallest absolute Gasteiger partial charge is 0.339 e. The van der Waals surface area contributed by atoms with Crippen LogP contribution in [0, 0.1) is 6.92 Å². The maximum atomic E-state index is 13.6. The normalized spacial score (nSPS) is 13.3. The average Bonchev–Trinajstić information content (AvgIpc) is 3.10. The van der Waals surface area contributed by atoms with E-state index < -0.39 is 17.8 Å². The van der Waals surface area contributed by atoms with Crippen LogP contribution in [0.5, 0.6) is 5.75 Å². The van der Waals surface area contributed by atoms with Gasteiger partial charge in [-0.2, -0.15) is 0 Å². The number of carbonyl (C=O) groups excluding carboxylic acids is 3.